The van der Waals surface area contributed by atoms with Gasteiger partial charge in [-0.15, -0.1) is 0 Å². The summed E-state index contributed by atoms with van der Waals surface area (Å²) in [6.45, 7) is 1.97. The Bertz CT molecular complexity index is 645. The fraction of sp³-hybridized carbons (Fsp3) is 0.400. The van der Waals surface area contributed by atoms with E-state index in [1.54, 1.807) is 14.0 Å². The molecule has 2 heterocycles. The summed E-state index contributed by atoms with van der Waals surface area (Å²) < 4.78 is 2.81. The monoisotopic (exact) mass is 279 g/mol. The normalized spacial score (nSPS) is 10.5. The van der Waals surface area contributed by atoms with Crippen molar-refractivity contribution in [2.24, 2.45) is 7.05 Å². The van der Waals surface area contributed by atoms with Crippen molar-refractivity contribution in [2.45, 2.75) is 19.9 Å². The van der Waals surface area contributed by atoms with Crippen LogP contribution in [-0.2, 0) is 18.4 Å². The molecule has 2 rings (SSSR count). The summed E-state index contributed by atoms with van der Waals surface area (Å²) in [4.78, 5) is 25.7. The lowest BCUT2D eigenvalue weighted by molar-refractivity contribution is -0.385. The van der Waals surface area contributed by atoms with Gasteiger partial charge in [-0.1, -0.05) is 0 Å². The van der Waals surface area contributed by atoms with E-state index in [9.17, 15) is 14.9 Å². The van der Waals surface area contributed by atoms with E-state index in [1.807, 2.05) is 0 Å². The van der Waals surface area contributed by atoms with Gasteiger partial charge in [0.05, 0.1) is 4.92 Å². The number of hydrogen-bond donors (Lipinski definition) is 1. The molecule has 2 aromatic rings. The zero-order valence-electron chi connectivity index (χ0n) is 11.0. The molecule has 0 saturated heterocycles. The highest BCUT2D eigenvalue weighted by Gasteiger charge is 2.11. The van der Waals surface area contributed by atoms with Gasteiger partial charge in [-0.05, 0) is 6.92 Å². The van der Waals surface area contributed by atoms with Crippen molar-refractivity contribution in [1.29, 1.82) is 0 Å². The van der Waals surface area contributed by atoms with Crippen LogP contribution in [0.2, 0.25) is 0 Å². The van der Waals surface area contributed by atoms with Crippen molar-refractivity contribution in [2.75, 3.05) is 5.32 Å². The van der Waals surface area contributed by atoms with E-state index in [0.29, 0.717) is 11.8 Å². The lowest BCUT2D eigenvalue weighted by Crippen LogP contribution is -2.17. The van der Waals surface area contributed by atoms with Gasteiger partial charge in [-0.3, -0.25) is 24.9 Å². The molecule has 106 valence electrons. The number of carbonyl (C=O) groups is 1. The van der Waals surface area contributed by atoms with Gasteiger partial charge in [0.15, 0.2) is 0 Å². The maximum absolute atomic E-state index is 11.7. The van der Waals surface area contributed by atoms with E-state index in [-0.39, 0.29) is 24.6 Å². The molecule has 0 aliphatic heterocycles. The summed E-state index contributed by atoms with van der Waals surface area (Å²) in [5.41, 5.74) is -0.102. The molecule has 0 unspecified atom stereocenters. The highest BCUT2D eigenvalue weighted by atomic mass is 16.6. The fourth-order valence-electron chi connectivity index (χ4n) is 1.59. The molecule has 20 heavy (non-hydrogen) atoms. The Morgan fingerprint density at radius 1 is 1.55 bits per heavy atom. The third-order valence-electron chi connectivity index (χ3n) is 2.52. The topological polar surface area (TPSA) is 121 Å². The summed E-state index contributed by atoms with van der Waals surface area (Å²) in [5, 5.41) is 20.9. The highest BCUT2D eigenvalue weighted by molar-refractivity contribution is 5.88. The number of aromatic nitrogens is 5. The summed E-state index contributed by atoms with van der Waals surface area (Å²) in [6, 6.07) is 0. The summed E-state index contributed by atoms with van der Waals surface area (Å²) in [6.07, 6.45) is 2.55. The van der Waals surface area contributed by atoms with Gasteiger partial charge in [-0.2, -0.15) is 15.2 Å². The molecule has 1 N–H and O–H groups in total. The Morgan fingerprint density at radius 3 is 2.85 bits per heavy atom. The van der Waals surface area contributed by atoms with Gasteiger partial charge in [-0.25, -0.2) is 4.68 Å². The molecule has 0 aliphatic rings. The zero-order chi connectivity index (χ0) is 14.7. The Kier molecular flexibility index (Phi) is 3.73. The third kappa shape index (κ3) is 3.16. The van der Waals surface area contributed by atoms with Crippen LogP contribution in [0.15, 0.2) is 12.4 Å². The van der Waals surface area contributed by atoms with Crippen molar-refractivity contribution in [3.63, 3.8) is 0 Å². The number of anilines is 1. The molecule has 0 atom stereocenters. The van der Waals surface area contributed by atoms with Crippen molar-refractivity contribution < 1.29 is 9.72 Å². The van der Waals surface area contributed by atoms with Crippen LogP contribution >= 0.6 is 0 Å². The Balaban J connectivity index is 1.88. The van der Waals surface area contributed by atoms with Gasteiger partial charge >= 0.3 is 5.69 Å². The van der Waals surface area contributed by atoms with Crippen LogP contribution in [0.25, 0.3) is 0 Å². The molecule has 0 spiro atoms. The van der Waals surface area contributed by atoms with Crippen LogP contribution in [0, 0.1) is 17.0 Å². The molecular formula is C10H13N7O3. The van der Waals surface area contributed by atoms with Crippen molar-refractivity contribution in [3.8, 4) is 0 Å². The lowest BCUT2D eigenvalue weighted by Gasteiger charge is -2.03. The average molecular weight is 279 g/mol. The lowest BCUT2D eigenvalue weighted by atomic mass is 10.4. The predicted octanol–water partition coefficient (Wildman–Crippen LogP) is 0.257. The predicted molar refractivity (Wildman–Crippen MR) is 67.9 cm³/mol. The largest absolute Gasteiger partial charge is 0.306 e. The molecule has 0 aliphatic carbocycles. The smallest absolute Gasteiger partial charge is 0.295 e. The van der Waals surface area contributed by atoms with Crippen LogP contribution in [0.1, 0.15) is 12.2 Å². The first-order chi connectivity index (χ1) is 9.45. The van der Waals surface area contributed by atoms with E-state index >= 15 is 0 Å². The number of nitro groups is 1. The fourth-order valence-corrected chi connectivity index (χ4v) is 1.59. The molecule has 10 nitrogen and oxygen atoms in total. The van der Waals surface area contributed by atoms with E-state index < -0.39 is 4.92 Å². The highest BCUT2D eigenvalue weighted by Crippen LogP contribution is 2.08. The van der Waals surface area contributed by atoms with Gasteiger partial charge in [0.25, 0.3) is 0 Å². The number of hydrogen-bond acceptors (Lipinski definition) is 6. The molecule has 0 aromatic carbocycles. The Labute approximate surface area is 113 Å². The second kappa shape index (κ2) is 5.47. The Morgan fingerprint density at radius 2 is 2.30 bits per heavy atom. The minimum Gasteiger partial charge on any atom is -0.295 e. The summed E-state index contributed by atoms with van der Waals surface area (Å²) in [5.74, 6) is 0.656. The molecule has 0 bridgehead atoms. The summed E-state index contributed by atoms with van der Waals surface area (Å²) >= 11 is 0. The van der Waals surface area contributed by atoms with Crippen LogP contribution in [0.4, 0.5) is 11.6 Å². The number of nitrogens with one attached hydrogen (secondary N) is 1. The van der Waals surface area contributed by atoms with E-state index in [4.69, 9.17) is 0 Å². The van der Waals surface area contributed by atoms with Crippen molar-refractivity contribution >= 4 is 17.5 Å². The van der Waals surface area contributed by atoms with Gasteiger partial charge in [0.1, 0.15) is 18.2 Å². The molecule has 0 radical (unpaired) electrons. The van der Waals surface area contributed by atoms with E-state index in [1.165, 1.54) is 15.6 Å². The molecule has 0 fully saturated rings. The van der Waals surface area contributed by atoms with Crippen molar-refractivity contribution in [1.82, 2.24) is 24.5 Å². The standard InChI is InChI=1S/C10H13N7O3/c1-7-12-10(15(2)14-7)13-9(18)3-4-16-6-8(5-11-16)17(19)20/h5-6H,3-4H2,1-2H3,(H,12,13,14,18). The molecule has 2 aromatic heterocycles. The first-order valence-corrected chi connectivity index (χ1v) is 5.80. The molecule has 10 heteroatoms. The van der Waals surface area contributed by atoms with Crippen LogP contribution in [-0.4, -0.2) is 35.4 Å². The summed E-state index contributed by atoms with van der Waals surface area (Å²) in [7, 11) is 1.67. The number of nitrogens with zero attached hydrogens (tertiary/aromatic N) is 6. The average Bonchev–Trinajstić information content (AvgIpc) is 2.94. The molecular weight excluding hydrogens is 266 g/mol. The Hall–Kier alpha value is -2.78. The number of aryl methyl sites for hydroxylation is 3. The van der Waals surface area contributed by atoms with Crippen LogP contribution in [0.5, 0.6) is 0 Å². The maximum Gasteiger partial charge on any atom is 0.306 e. The first kappa shape index (κ1) is 13.6. The second-order valence-corrected chi connectivity index (χ2v) is 4.12. The van der Waals surface area contributed by atoms with E-state index in [2.05, 4.69) is 20.5 Å². The van der Waals surface area contributed by atoms with Crippen LogP contribution in [0.3, 0.4) is 0 Å². The van der Waals surface area contributed by atoms with Crippen LogP contribution < -0.4 is 5.32 Å². The van der Waals surface area contributed by atoms with E-state index in [0.717, 1.165) is 6.20 Å². The zero-order valence-corrected chi connectivity index (χ0v) is 11.0. The van der Waals surface area contributed by atoms with Crippen molar-refractivity contribution in [3.05, 3.63) is 28.3 Å². The number of amides is 1. The first-order valence-electron chi connectivity index (χ1n) is 5.80. The minimum absolute atomic E-state index is 0.102. The third-order valence-corrected chi connectivity index (χ3v) is 2.52. The van der Waals surface area contributed by atoms with Gasteiger partial charge < -0.3 is 0 Å². The van der Waals surface area contributed by atoms with Gasteiger partial charge in [0.2, 0.25) is 11.9 Å². The van der Waals surface area contributed by atoms with Gasteiger partial charge in [0, 0.05) is 20.0 Å². The number of rotatable bonds is 5. The number of carbonyl (C=O) groups excluding carboxylic acids is 1. The second-order valence-electron chi connectivity index (χ2n) is 4.12. The quantitative estimate of drug-likeness (QED) is 0.618. The molecule has 0 saturated carbocycles. The molecule has 1 amide bonds. The maximum atomic E-state index is 11.7. The minimum atomic E-state index is -0.536. The SMILES string of the molecule is Cc1nc(NC(=O)CCn2cc([N+](=O)[O-])cn2)n(C)n1.